The average molecular weight is 398 g/mol. The van der Waals surface area contributed by atoms with E-state index >= 15 is 0 Å². The van der Waals surface area contributed by atoms with E-state index in [1.165, 1.54) is 0 Å². The number of hydrogen-bond acceptors (Lipinski definition) is 4. The van der Waals surface area contributed by atoms with Gasteiger partial charge in [0.2, 0.25) is 5.91 Å². The SMILES string of the molecule is CCN1CCN(C(=O)[C@H]2C[C@H]3CC[C@@]2(C)C[C@]32NC(=O)c3ccccc3O2)CC1. The molecule has 2 aliphatic heterocycles. The number of hydrogen-bond donors (Lipinski definition) is 1. The van der Waals surface area contributed by atoms with E-state index in [4.69, 9.17) is 4.74 Å². The molecule has 4 fully saturated rings. The Kier molecular flexibility index (Phi) is 4.39. The number of nitrogens with zero attached hydrogens (tertiary/aromatic N) is 2. The molecule has 1 N–H and O–H groups in total. The molecule has 2 bridgehead atoms. The summed E-state index contributed by atoms with van der Waals surface area (Å²) in [5.41, 5.74) is -0.213. The van der Waals surface area contributed by atoms with Gasteiger partial charge < -0.3 is 19.9 Å². The number of para-hydroxylation sites is 1. The van der Waals surface area contributed by atoms with E-state index in [2.05, 4.69) is 29.0 Å². The highest BCUT2D eigenvalue weighted by Crippen LogP contribution is 2.59. The summed E-state index contributed by atoms with van der Waals surface area (Å²) >= 11 is 0. The van der Waals surface area contributed by atoms with Gasteiger partial charge in [0.15, 0.2) is 5.72 Å². The third kappa shape index (κ3) is 2.95. The number of fused-ring (bicyclic) bond motifs is 3. The van der Waals surface area contributed by atoms with E-state index in [0.29, 0.717) is 23.6 Å². The molecule has 6 nitrogen and oxygen atoms in total. The Hall–Kier alpha value is -2.08. The molecule has 5 aliphatic rings. The van der Waals surface area contributed by atoms with Crippen molar-refractivity contribution in [2.45, 2.75) is 45.3 Å². The number of amides is 2. The molecule has 6 heteroatoms. The molecular formula is C23H31N3O3. The van der Waals surface area contributed by atoms with Crippen molar-refractivity contribution in [3.05, 3.63) is 29.8 Å². The molecule has 3 saturated carbocycles. The van der Waals surface area contributed by atoms with Gasteiger partial charge in [-0.25, -0.2) is 0 Å². The molecule has 1 aromatic rings. The molecule has 0 unspecified atom stereocenters. The first-order chi connectivity index (χ1) is 13.9. The lowest BCUT2D eigenvalue weighted by atomic mass is 9.52. The minimum absolute atomic E-state index is 0.0257. The number of rotatable bonds is 2. The highest BCUT2D eigenvalue weighted by molar-refractivity contribution is 5.98. The van der Waals surface area contributed by atoms with Gasteiger partial charge >= 0.3 is 0 Å². The zero-order valence-electron chi connectivity index (χ0n) is 17.4. The molecular weight excluding hydrogens is 366 g/mol. The molecule has 1 aromatic carbocycles. The third-order valence-electron chi connectivity index (χ3n) is 7.93. The van der Waals surface area contributed by atoms with E-state index in [1.807, 2.05) is 24.3 Å². The topological polar surface area (TPSA) is 61.9 Å². The predicted molar refractivity (Wildman–Crippen MR) is 110 cm³/mol. The van der Waals surface area contributed by atoms with Crippen molar-refractivity contribution in [2.24, 2.45) is 17.3 Å². The zero-order valence-corrected chi connectivity index (χ0v) is 17.4. The molecule has 156 valence electrons. The number of likely N-dealkylation sites (N-methyl/N-ethyl adjacent to an activating group) is 1. The Balaban J connectivity index is 1.37. The Labute approximate surface area is 172 Å². The maximum absolute atomic E-state index is 13.5. The summed E-state index contributed by atoms with van der Waals surface area (Å²) in [5.74, 6) is 1.13. The van der Waals surface area contributed by atoms with Gasteiger partial charge in [-0.15, -0.1) is 0 Å². The van der Waals surface area contributed by atoms with Crippen LogP contribution < -0.4 is 10.1 Å². The van der Waals surface area contributed by atoms with E-state index < -0.39 is 5.72 Å². The Morgan fingerprint density at radius 1 is 1.24 bits per heavy atom. The molecule has 6 rings (SSSR count). The molecule has 0 radical (unpaired) electrons. The number of ether oxygens (including phenoxy) is 1. The third-order valence-corrected chi connectivity index (χ3v) is 7.93. The summed E-state index contributed by atoms with van der Waals surface area (Å²) in [6.07, 6.45) is 3.51. The number of benzene rings is 1. The van der Waals surface area contributed by atoms with Crippen molar-refractivity contribution in [3.8, 4) is 5.75 Å². The lowest BCUT2D eigenvalue weighted by Gasteiger charge is -2.60. The first kappa shape index (κ1) is 18.9. The summed E-state index contributed by atoms with van der Waals surface area (Å²) in [6, 6.07) is 7.47. The average Bonchev–Trinajstić information content (AvgIpc) is 2.73. The Morgan fingerprint density at radius 2 is 2.00 bits per heavy atom. The van der Waals surface area contributed by atoms with Crippen LogP contribution in [0.25, 0.3) is 0 Å². The van der Waals surface area contributed by atoms with Gasteiger partial charge in [0, 0.05) is 44.4 Å². The summed E-state index contributed by atoms with van der Waals surface area (Å²) in [5, 5.41) is 3.20. The molecule has 0 aromatic heterocycles. The fourth-order valence-corrected chi connectivity index (χ4v) is 6.14. The van der Waals surface area contributed by atoms with Crippen LogP contribution in [-0.4, -0.2) is 60.1 Å². The van der Waals surface area contributed by atoms with Crippen LogP contribution in [-0.2, 0) is 4.79 Å². The van der Waals surface area contributed by atoms with Crippen LogP contribution in [0.15, 0.2) is 24.3 Å². The molecule has 2 heterocycles. The van der Waals surface area contributed by atoms with Gasteiger partial charge in [0.05, 0.1) is 5.56 Å². The van der Waals surface area contributed by atoms with Crippen LogP contribution in [0.5, 0.6) is 5.75 Å². The normalized spacial score (nSPS) is 36.5. The first-order valence-corrected chi connectivity index (χ1v) is 11.1. The van der Waals surface area contributed by atoms with Gasteiger partial charge in [0.1, 0.15) is 5.75 Å². The second-order valence-corrected chi connectivity index (χ2v) is 9.56. The van der Waals surface area contributed by atoms with E-state index in [0.717, 1.165) is 52.0 Å². The van der Waals surface area contributed by atoms with Gasteiger partial charge in [-0.1, -0.05) is 26.0 Å². The largest absolute Gasteiger partial charge is 0.467 e. The van der Waals surface area contributed by atoms with Crippen molar-refractivity contribution in [2.75, 3.05) is 32.7 Å². The van der Waals surface area contributed by atoms with Crippen LogP contribution in [0.4, 0.5) is 0 Å². The van der Waals surface area contributed by atoms with Gasteiger partial charge in [-0.05, 0) is 43.4 Å². The summed E-state index contributed by atoms with van der Waals surface area (Å²) in [4.78, 5) is 30.7. The number of carbonyl (C=O) groups is 2. The molecule has 1 saturated heterocycles. The fourth-order valence-electron chi connectivity index (χ4n) is 6.14. The highest BCUT2D eigenvalue weighted by Gasteiger charge is 2.62. The zero-order chi connectivity index (χ0) is 20.2. The predicted octanol–water partition coefficient (Wildman–Crippen LogP) is 2.50. The highest BCUT2D eigenvalue weighted by atomic mass is 16.5. The molecule has 4 atom stereocenters. The maximum atomic E-state index is 13.5. The van der Waals surface area contributed by atoms with E-state index in [9.17, 15) is 9.59 Å². The summed E-state index contributed by atoms with van der Waals surface area (Å²) in [7, 11) is 0. The molecule has 29 heavy (non-hydrogen) atoms. The summed E-state index contributed by atoms with van der Waals surface area (Å²) < 4.78 is 6.47. The molecule has 2 amide bonds. The number of piperazine rings is 1. The first-order valence-electron chi connectivity index (χ1n) is 11.1. The molecule has 3 aliphatic carbocycles. The van der Waals surface area contributed by atoms with Crippen molar-refractivity contribution in [1.29, 1.82) is 0 Å². The lowest BCUT2D eigenvalue weighted by Crippen LogP contribution is -2.69. The minimum Gasteiger partial charge on any atom is -0.467 e. The summed E-state index contributed by atoms with van der Waals surface area (Å²) in [6.45, 7) is 9.04. The van der Waals surface area contributed by atoms with Crippen LogP contribution in [0.1, 0.15) is 49.9 Å². The Morgan fingerprint density at radius 3 is 2.72 bits per heavy atom. The number of carbonyl (C=O) groups excluding carboxylic acids is 2. The van der Waals surface area contributed by atoms with Crippen LogP contribution in [0, 0.1) is 17.3 Å². The van der Waals surface area contributed by atoms with Gasteiger partial charge in [-0.3, -0.25) is 9.59 Å². The van der Waals surface area contributed by atoms with Crippen molar-refractivity contribution in [1.82, 2.24) is 15.1 Å². The van der Waals surface area contributed by atoms with Crippen LogP contribution in [0.2, 0.25) is 0 Å². The van der Waals surface area contributed by atoms with Gasteiger partial charge in [-0.2, -0.15) is 0 Å². The monoisotopic (exact) mass is 397 g/mol. The number of nitrogens with one attached hydrogen (secondary N) is 1. The minimum atomic E-state index is -0.671. The standard InChI is InChI=1S/C23H31N3O3/c1-3-25-10-12-26(13-11-25)21(28)18-14-16-8-9-22(18,2)15-23(16)24-20(27)17-6-4-5-7-19(17)29-23/h4-7,16,18H,3,8-15H2,1-2H3,(H,24,27)/t16-,18-,22+,23-/m1/s1. The van der Waals surface area contributed by atoms with E-state index in [-0.39, 0.29) is 23.2 Å². The van der Waals surface area contributed by atoms with Crippen molar-refractivity contribution >= 4 is 11.8 Å². The Bertz CT molecular complexity index is 834. The van der Waals surface area contributed by atoms with Gasteiger partial charge in [0.25, 0.3) is 5.91 Å². The second-order valence-electron chi connectivity index (χ2n) is 9.56. The maximum Gasteiger partial charge on any atom is 0.258 e. The fraction of sp³-hybridized carbons (Fsp3) is 0.652. The van der Waals surface area contributed by atoms with Crippen LogP contribution in [0.3, 0.4) is 0 Å². The van der Waals surface area contributed by atoms with E-state index in [1.54, 1.807) is 0 Å². The van der Waals surface area contributed by atoms with Crippen molar-refractivity contribution < 1.29 is 14.3 Å². The van der Waals surface area contributed by atoms with Crippen LogP contribution >= 0.6 is 0 Å². The lowest BCUT2D eigenvalue weighted by molar-refractivity contribution is -0.175. The molecule has 1 spiro atoms. The smallest absolute Gasteiger partial charge is 0.258 e. The second kappa shape index (κ2) is 6.73. The van der Waals surface area contributed by atoms with Crippen molar-refractivity contribution in [3.63, 3.8) is 0 Å². The quantitative estimate of drug-likeness (QED) is 0.833.